The minimum atomic E-state index is -0.316. The van der Waals surface area contributed by atoms with Gasteiger partial charge in [0.1, 0.15) is 0 Å². The van der Waals surface area contributed by atoms with E-state index in [0.717, 1.165) is 11.3 Å². The summed E-state index contributed by atoms with van der Waals surface area (Å²) in [5.74, 6) is -0.0787. The number of aryl methyl sites for hydroxylation is 1. The second-order valence-corrected chi connectivity index (χ2v) is 6.55. The van der Waals surface area contributed by atoms with Gasteiger partial charge in [-0.25, -0.2) is 0 Å². The van der Waals surface area contributed by atoms with Crippen molar-refractivity contribution < 1.29 is 4.79 Å². The third-order valence-electron chi connectivity index (χ3n) is 3.45. The molecule has 1 amide bonds. The van der Waals surface area contributed by atoms with Crippen LogP contribution in [0.25, 0.3) is 5.65 Å². The monoisotopic (exact) mass is 327 g/mol. The summed E-state index contributed by atoms with van der Waals surface area (Å²) in [6.45, 7) is 3.80. The summed E-state index contributed by atoms with van der Waals surface area (Å²) in [4.78, 5) is 12.4. The normalized spacial score (nSPS) is 12.3. The van der Waals surface area contributed by atoms with Crippen molar-refractivity contribution >= 4 is 34.7 Å². The number of fused-ring (bicyclic) bond motifs is 1. The summed E-state index contributed by atoms with van der Waals surface area (Å²) in [7, 11) is 0. The fourth-order valence-electron chi connectivity index (χ4n) is 2.13. The summed E-state index contributed by atoms with van der Waals surface area (Å²) in [6, 6.07) is 11.3. The minimum Gasteiger partial charge on any atom is -0.398 e. The van der Waals surface area contributed by atoms with Crippen LogP contribution in [0.2, 0.25) is 0 Å². The van der Waals surface area contributed by atoms with Gasteiger partial charge in [0.25, 0.3) is 0 Å². The first-order chi connectivity index (χ1) is 11.0. The number of amides is 1. The van der Waals surface area contributed by atoms with Gasteiger partial charge in [0.2, 0.25) is 5.91 Å². The summed E-state index contributed by atoms with van der Waals surface area (Å²) >= 11 is 1.34. The molecule has 23 heavy (non-hydrogen) atoms. The number of carbonyl (C=O) groups is 1. The van der Waals surface area contributed by atoms with E-state index in [-0.39, 0.29) is 11.2 Å². The van der Waals surface area contributed by atoms with Crippen LogP contribution in [0.15, 0.2) is 47.8 Å². The molecule has 0 radical (unpaired) electrons. The average molecular weight is 327 g/mol. The van der Waals surface area contributed by atoms with Crippen molar-refractivity contribution in [3.05, 3.63) is 48.2 Å². The van der Waals surface area contributed by atoms with Crippen molar-refractivity contribution in [2.75, 3.05) is 11.1 Å². The summed E-state index contributed by atoms with van der Waals surface area (Å²) < 4.78 is 1.79. The number of hydrogen-bond acceptors (Lipinski definition) is 5. The Morgan fingerprint density at radius 2 is 2.04 bits per heavy atom. The molecule has 0 fully saturated rings. The molecule has 2 heterocycles. The van der Waals surface area contributed by atoms with Gasteiger partial charge in [-0.2, -0.15) is 0 Å². The molecule has 0 saturated heterocycles. The van der Waals surface area contributed by atoms with Gasteiger partial charge in [-0.1, -0.05) is 30.0 Å². The predicted molar refractivity (Wildman–Crippen MR) is 92.5 cm³/mol. The van der Waals surface area contributed by atoms with Crippen LogP contribution in [0, 0.1) is 6.92 Å². The van der Waals surface area contributed by atoms with Crippen LogP contribution in [0.3, 0.4) is 0 Å². The van der Waals surface area contributed by atoms with Gasteiger partial charge in [-0.15, -0.1) is 10.2 Å². The molecule has 0 aliphatic heterocycles. The predicted octanol–water partition coefficient (Wildman–Crippen LogP) is 2.74. The molecular formula is C16H17N5OS. The fourth-order valence-corrected chi connectivity index (χ4v) is 2.96. The van der Waals surface area contributed by atoms with Crippen molar-refractivity contribution in [3.8, 4) is 0 Å². The molecule has 7 heteroatoms. The maximum Gasteiger partial charge on any atom is 0.237 e. The van der Waals surface area contributed by atoms with E-state index >= 15 is 0 Å². The smallest absolute Gasteiger partial charge is 0.237 e. The van der Waals surface area contributed by atoms with E-state index in [2.05, 4.69) is 15.5 Å². The van der Waals surface area contributed by atoms with Crippen LogP contribution in [0.1, 0.15) is 12.5 Å². The van der Waals surface area contributed by atoms with Crippen molar-refractivity contribution in [1.82, 2.24) is 14.6 Å². The average Bonchev–Trinajstić information content (AvgIpc) is 2.91. The number of pyridine rings is 1. The molecule has 1 unspecified atom stereocenters. The zero-order valence-electron chi connectivity index (χ0n) is 12.9. The SMILES string of the molecule is Cc1ccccc1NC(=O)C(C)Sc1nnc2ccc(N)cn12. The van der Waals surface area contributed by atoms with Crippen LogP contribution in [0.5, 0.6) is 0 Å². The molecule has 3 N–H and O–H groups in total. The lowest BCUT2D eigenvalue weighted by Gasteiger charge is -2.12. The molecule has 0 spiro atoms. The maximum absolute atomic E-state index is 12.4. The summed E-state index contributed by atoms with van der Waals surface area (Å²) in [6.07, 6.45) is 1.75. The number of nitrogens with zero attached hydrogens (tertiary/aromatic N) is 3. The number of carbonyl (C=O) groups excluding carboxylic acids is 1. The number of nitrogens with two attached hydrogens (primary N) is 1. The van der Waals surface area contributed by atoms with E-state index in [9.17, 15) is 4.79 Å². The molecular weight excluding hydrogens is 310 g/mol. The lowest BCUT2D eigenvalue weighted by molar-refractivity contribution is -0.115. The van der Waals surface area contributed by atoms with Crippen LogP contribution in [0.4, 0.5) is 11.4 Å². The standard InChI is InChI=1S/C16H17N5OS/c1-10-5-3-4-6-13(10)18-15(22)11(2)23-16-20-19-14-8-7-12(17)9-21(14)16/h3-9,11H,17H2,1-2H3,(H,18,22). The number of aromatic nitrogens is 3. The molecule has 6 nitrogen and oxygen atoms in total. The second kappa shape index (κ2) is 6.29. The first-order valence-corrected chi connectivity index (χ1v) is 8.06. The first-order valence-electron chi connectivity index (χ1n) is 7.18. The number of thioether (sulfide) groups is 1. The zero-order valence-corrected chi connectivity index (χ0v) is 13.7. The van der Waals surface area contributed by atoms with Crippen molar-refractivity contribution in [2.45, 2.75) is 24.3 Å². The number of hydrogen-bond donors (Lipinski definition) is 2. The third kappa shape index (κ3) is 3.29. The van der Waals surface area contributed by atoms with Gasteiger partial charge < -0.3 is 11.1 Å². The Kier molecular flexibility index (Phi) is 4.20. The minimum absolute atomic E-state index is 0.0787. The van der Waals surface area contributed by atoms with Crippen molar-refractivity contribution in [3.63, 3.8) is 0 Å². The number of rotatable bonds is 4. The fraction of sp³-hybridized carbons (Fsp3) is 0.188. The molecule has 0 saturated carbocycles. The molecule has 0 aliphatic rings. The molecule has 2 aromatic heterocycles. The number of nitrogen functional groups attached to an aromatic ring is 1. The van der Waals surface area contributed by atoms with Crippen LogP contribution in [-0.4, -0.2) is 25.8 Å². The van der Waals surface area contributed by atoms with Gasteiger partial charge in [-0.3, -0.25) is 9.20 Å². The van der Waals surface area contributed by atoms with E-state index in [0.29, 0.717) is 16.5 Å². The van der Waals surface area contributed by atoms with Crippen LogP contribution >= 0.6 is 11.8 Å². The molecule has 0 aliphatic carbocycles. The molecule has 3 aromatic rings. The quantitative estimate of drug-likeness (QED) is 0.720. The van der Waals surface area contributed by atoms with E-state index in [1.54, 1.807) is 22.7 Å². The van der Waals surface area contributed by atoms with E-state index in [1.807, 2.05) is 38.1 Å². The number of nitrogens with one attached hydrogen (secondary N) is 1. The Hall–Kier alpha value is -2.54. The third-order valence-corrected chi connectivity index (χ3v) is 4.51. The maximum atomic E-state index is 12.4. The Morgan fingerprint density at radius 3 is 2.83 bits per heavy atom. The lowest BCUT2D eigenvalue weighted by atomic mass is 10.2. The van der Waals surface area contributed by atoms with Crippen molar-refractivity contribution in [2.24, 2.45) is 0 Å². The van der Waals surface area contributed by atoms with Crippen molar-refractivity contribution in [1.29, 1.82) is 0 Å². The Morgan fingerprint density at radius 1 is 1.26 bits per heavy atom. The topological polar surface area (TPSA) is 85.3 Å². The van der Waals surface area contributed by atoms with Gasteiger partial charge in [0.15, 0.2) is 10.8 Å². The first kappa shape index (κ1) is 15.4. The van der Waals surface area contributed by atoms with Gasteiger partial charge >= 0.3 is 0 Å². The van der Waals surface area contributed by atoms with Gasteiger partial charge in [-0.05, 0) is 37.6 Å². The largest absolute Gasteiger partial charge is 0.398 e. The number of para-hydroxylation sites is 1. The Labute approximate surface area is 138 Å². The number of anilines is 2. The van der Waals surface area contributed by atoms with E-state index in [4.69, 9.17) is 5.73 Å². The summed E-state index contributed by atoms with van der Waals surface area (Å²) in [5, 5.41) is 11.5. The van der Waals surface area contributed by atoms with E-state index in [1.165, 1.54) is 11.8 Å². The highest BCUT2D eigenvalue weighted by molar-refractivity contribution is 8.00. The highest BCUT2D eigenvalue weighted by Crippen LogP contribution is 2.24. The van der Waals surface area contributed by atoms with Crippen LogP contribution in [-0.2, 0) is 4.79 Å². The highest BCUT2D eigenvalue weighted by atomic mass is 32.2. The molecule has 118 valence electrons. The number of benzene rings is 1. The Balaban J connectivity index is 1.75. The second-order valence-electron chi connectivity index (χ2n) is 5.24. The Bertz CT molecular complexity index is 861. The molecule has 1 atom stereocenters. The zero-order chi connectivity index (χ0) is 16.4. The lowest BCUT2D eigenvalue weighted by Crippen LogP contribution is -2.23. The van der Waals surface area contributed by atoms with Gasteiger partial charge in [0, 0.05) is 17.6 Å². The molecule has 3 rings (SSSR count). The molecule has 0 bridgehead atoms. The molecule has 1 aromatic carbocycles. The van der Waals surface area contributed by atoms with Gasteiger partial charge in [0.05, 0.1) is 5.25 Å². The van der Waals surface area contributed by atoms with Crippen LogP contribution < -0.4 is 11.1 Å². The summed E-state index contributed by atoms with van der Waals surface area (Å²) in [5.41, 5.74) is 8.97. The highest BCUT2D eigenvalue weighted by Gasteiger charge is 2.18. The van der Waals surface area contributed by atoms with E-state index < -0.39 is 0 Å².